The smallest absolute Gasteiger partial charge is 0.475 e. The summed E-state index contributed by atoms with van der Waals surface area (Å²) >= 11 is 1.67. The molecule has 1 atom stereocenters. The molecule has 1 fully saturated rings. The predicted molar refractivity (Wildman–Crippen MR) is 112 cm³/mol. The van der Waals surface area contributed by atoms with Crippen LogP contribution in [0.5, 0.6) is 0 Å². The Hall–Kier alpha value is -2.51. The highest BCUT2D eigenvalue weighted by molar-refractivity contribution is 7.09. The van der Waals surface area contributed by atoms with Crippen LogP contribution in [0.1, 0.15) is 35.3 Å². The zero-order valence-electron chi connectivity index (χ0n) is 18.0. The number of amides is 1. The van der Waals surface area contributed by atoms with Crippen LogP contribution >= 0.6 is 11.3 Å². The molecule has 2 aliphatic rings. The summed E-state index contributed by atoms with van der Waals surface area (Å²) in [5.41, 5.74) is 2.15. The van der Waals surface area contributed by atoms with Gasteiger partial charge in [0.2, 0.25) is 5.91 Å². The number of thiazole rings is 1. The molecule has 2 N–H and O–H groups in total. The second-order valence-corrected chi connectivity index (χ2v) is 8.98. The highest BCUT2D eigenvalue weighted by Crippen LogP contribution is 2.23. The average Bonchev–Trinajstić information content (AvgIpc) is 3.40. The SMILES string of the molecule is Cc1nc(CN2Cc3ccnn3C(C(=O)NCC3CCOCC3)C2)cs1.O=C(O)C(F)(F)F. The number of rotatable bonds is 5. The standard InChI is InChI=1S/C18H25N5O2S.C2HF3O2/c1-13-21-15(12-26-13)9-22-10-16-2-5-20-23(16)17(11-22)18(24)19-8-14-3-6-25-7-4-14;3-2(4,5)1(6)7/h2,5,12,14,17H,3-4,6-11H2,1H3,(H,19,24);(H,6,7). The lowest BCUT2D eigenvalue weighted by atomic mass is 10.0. The molecular formula is C20H26F3N5O4S. The van der Waals surface area contributed by atoms with Gasteiger partial charge in [0.15, 0.2) is 0 Å². The quantitative estimate of drug-likeness (QED) is 0.664. The van der Waals surface area contributed by atoms with Gasteiger partial charge in [-0.25, -0.2) is 9.78 Å². The van der Waals surface area contributed by atoms with Crippen molar-refractivity contribution in [2.45, 2.75) is 45.1 Å². The Labute approximate surface area is 192 Å². The average molecular weight is 490 g/mol. The lowest BCUT2D eigenvalue weighted by Gasteiger charge is -2.33. The van der Waals surface area contributed by atoms with Gasteiger partial charge in [-0.3, -0.25) is 14.4 Å². The van der Waals surface area contributed by atoms with Gasteiger partial charge in [0.05, 0.1) is 16.4 Å². The van der Waals surface area contributed by atoms with Gasteiger partial charge < -0.3 is 15.2 Å². The fourth-order valence-corrected chi connectivity index (χ4v) is 4.30. The summed E-state index contributed by atoms with van der Waals surface area (Å²) < 4.78 is 39.0. The van der Waals surface area contributed by atoms with Crippen LogP contribution in [0.25, 0.3) is 0 Å². The van der Waals surface area contributed by atoms with Gasteiger partial charge in [0.25, 0.3) is 0 Å². The van der Waals surface area contributed by atoms with Gasteiger partial charge in [0.1, 0.15) is 6.04 Å². The molecule has 182 valence electrons. The normalized spacial score (nSPS) is 19.3. The van der Waals surface area contributed by atoms with Crippen LogP contribution in [0, 0.1) is 12.8 Å². The van der Waals surface area contributed by atoms with E-state index in [2.05, 4.69) is 25.7 Å². The monoisotopic (exact) mass is 489 g/mol. The van der Waals surface area contributed by atoms with Crippen LogP contribution in [0.4, 0.5) is 13.2 Å². The first kappa shape index (κ1) is 25.1. The third-order valence-corrected chi connectivity index (χ3v) is 6.19. The van der Waals surface area contributed by atoms with Gasteiger partial charge in [-0.05, 0) is 31.7 Å². The largest absolute Gasteiger partial charge is 0.490 e. The number of aryl methyl sites for hydroxylation is 1. The Balaban J connectivity index is 0.000000383. The number of aromatic nitrogens is 3. The molecule has 0 saturated carbocycles. The molecule has 0 radical (unpaired) electrons. The van der Waals surface area contributed by atoms with Crippen molar-refractivity contribution < 1.29 is 32.6 Å². The van der Waals surface area contributed by atoms with E-state index in [0.717, 1.165) is 62.1 Å². The number of hydrogen-bond acceptors (Lipinski definition) is 7. The van der Waals surface area contributed by atoms with E-state index in [4.69, 9.17) is 14.6 Å². The first-order valence-electron chi connectivity index (χ1n) is 10.4. The van der Waals surface area contributed by atoms with Gasteiger partial charge in [-0.15, -0.1) is 11.3 Å². The predicted octanol–water partition coefficient (Wildman–Crippen LogP) is 2.38. The molecule has 2 aliphatic heterocycles. The molecule has 0 spiro atoms. The Kier molecular flexibility index (Phi) is 8.43. The number of nitrogens with one attached hydrogen (secondary N) is 1. The molecule has 1 unspecified atom stereocenters. The third-order valence-electron chi connectivity index (χ3n) is 5.37. The van der Waals surface area contributed by atoms with E-state index in [0.29, 0.717) is 12.5 Å². The molecule has 4 rings (SSSR count). The van der Waals surface area contributed by atoms with Crippen molar-refractivity contribution in [2.75, 3.05) is 26.3 Å². The molecule has 0 bridgehead atoms. The number of carbonyl (C=O) groups excluding carboxylic acids is 1. The van der Waals surface area contributed by atoms with Crippen molar-refractivity contribution in [3.63, 3.8) is 0 Å². The molecule has 4 heterocycles. The highest BCUT2D eigenvalue weighted by atomic mass is 32.1. The van der Waals surface area contributed by atoms with Crippen LogP contribution < -0.4 is 5.32 Å². The minimum Gasteiger partial charge on any atom is -0.475 e. The molecule has 2 aromatic heterocycles. The van der Waals surface area contributed by atoms with E-state index < -0.39 is 12.1 Å². The first-order valence-corrected chi connectivity index (χ1v) is 11.3. The van der Waals surface area contributed by atoms with Crippen LogP contribution in [-0.4, -0.2) is 69.1 Å². The van der Waals surface area contributed by atoms with E-state index in [9.17, 15) is 18.0 Å². The van der Waals surface area contributed by atoms with Gasteiger partial charge in [0, 0.05) is 51.0 Å². The van der Waals surface area contributed by atoms with Crippen molar-refractivity contribution >= 4 is 23.2 Å². The molecule has 33 heavy (non-hydrogen) atoms. The maximum Gasteiger partial charge on any atom is 0.490 e. The summed E-state index contributed by atoms with van der Waals surface area (Å²) in [6.07, 6.45) is -1.26. The Morgan fingerprint density at radius 2 is 2.03 bits per heavy atom. The number of nitrogens with zero attached hydrogens (tertiary/aromatic N) is 4. The number of alkyl halides is 3. The molecule has 0 aliphatic carbocycles. The molecule has 9 nitrogen and oxygen atoms in total. The fraction of sp³-hybridized carbons (Fsp3) is 0.600. The zero-order valence-corrected chi connectivity index (χ0v) is 18.9. The maximum absolute atomic E-state index is 12.9. The van der Waals surface area contributed by atoms with E-state index >= 15 is 0 Å². The second-order valence-electron chi connectivity index (χ2n) is 7.91. The molecular weight excluding hydrogens is 463 g/mol. The van der Waals surface area contributed by atoms with Crippen molar-refractivity contribution in [1.29, 1.82) is 0 Å². The Bertz CT molecular complexity index is 942. The molecule has 1 amide bonds. The topological polar surface area (TPSA) is 110 Å². The summed E-state index contributed by atoms with van der Waals surface area (Å²) in [6, 6.07) is 1.71. The van der Waals surface area contributed by atoms with E-state index in [1.54, 1.807) is 17.5 Å². The van der Waals surface area contributed by atoms with Gasteiger partial charge in [-0.1, -0.05) is 0 Å². The number of fused-ring (bicyclic) bond motifs is 1. The number of ether oxygens (including phenoxy) is 1. The Morgan fingerprint density at radius 1 is 1.33 bits per heavy atom. The van der Waals surface area contributed by atoms with Crippen LogP contribution in [0.15, 0.2) is 17.6 Å². The lowest BCUT2D eigenvalue weighted by Crippen LogP contribution is -2.46. The Morgan fingerprint density at radius 3 is 2.64 bits per heavy atom. The third kappa shape index (κ3) is 7.24. The minimum atomic E-state index is -5.08. The summed E-state index contributed by atoms with van der Waals surface area (Å²) in [5.74, 6) is -2.18. The number of carbonyl (C=O) groups is 2. The molecule has 1 saturated heterocycles. The van der Waals surface area contributed by atoms with Crippen LogP contribution in [0.3, 0.4) is 0 Å². The molecule has 13 heteroatoms. The maximum atomic E-state index is 12.9. The zero-order chi connectivity index (χ0) is 24.0. The van der Waals surface area contributed by atoms with Crippen molar-refractivity contribution in [1.82, 2.24) is 25.0 Å². The second kappa shape index (κ2) is 11.1. The summed E-state index contributed by atoms with van der Waals surface area (Å²) in [7, 11) is 0. The van der Waals surface area contributed by atoms with E-state index in [1.165, 1.54) is 0 Å². The number of hydrogen-bond donors (Lipinski definition) is 2. The molecule has 2 aromatic rings. The summed E-state index contributed by atoms with van der Waals surface area (Å²) in [5, 5.41) is 17.8. The van der Waals surface area contributed by atoms with Crippen molar-refractivity contribution in [2.24, 2.45) is 5.92 Å². The number of aliphatic carboxylic acids is 1. The van der Waals surface area contributed by atoms with Gasteiger partial charge in [-0.2, -0.15) is 18.3 Å². The minimum absolute atomic E-state index is 0.0561. The van der Waals surface area contributed by atoms with Gasteiger partial charge >= 0.3 is 12.1 Å². The lowest BCUT2D eigenvalue weighted by molar-refractivity contribution is -0.192. The number of carboxylic acid groups (broad SMARTS) is 1. The van der Waals surface area contributed by atoms with Crippen molar-refractivity contribution in [3.05, 3.63) is 34.0 Å². The number of halogens is 3. The van der Waals surface area contributed by atoms with Crippen LogP contribution in [-0.2, 0) is 27.4 Å². The fourth-order valence-electron chi connectivity index (χ4n) is 3.70. The first-order chi connectivity index (χ1) is 15.6. The summed E-state index contributed by atoms with van der Waals surface area (Å²) in [6.45, 7) is 6.55. The van der Waals surface area contributed by atoms with E-state index in [1.807, 2.05) is 17.7 Å². The summed E-state index contributed by atoms with van der Waals surface area (Å²) in [4.78, 5) is 28.6. The van der Waals surface area contributed by atoms with E-state index in [-0.39, 0.29) is 11.9 Å². The molecule has 0 aromatic carbocycles. The highest BCUT2D eigenvalue weighted by Gasteiger charge is 2.38. The number of carboxylic acids is 1. The van der Waals surface area contributed by atoms with Crippen LogP contribution in [0.2, 0.25) is 0 Å². The van der Waals surface area contributed by atoms with Crippen molar-refractivity contribution in [3.8, 4) is 0 Å².